The van der Waals surface area contributed by atoms with Crippen LogP contribution in [0.2, 0.25) is 0 Å². The number of fused-ring (bicyclic) bond motifs is 1. The number of esters is 1. The summed E-state index contributed by atoms with van der Waals surface area (Å²) in [6.07, 6.45) is 0.595. The molecular formula is C12H14FNO3. The zero-order valence-corrected chi connectivity index (χ0v) is 9.53. The minimum absolute atomic E-state index is 0.0588. The van der Waals surface area contributed by atoms with E-state index in [-0.39, 0.29) is 24.4 Å². The number of hydrogen-bond donors (Lipinski definition) is 1. The second-order valence-electron chi connectivity index (χ2n) is 3.90. The Hall–Kier alpha value is -1.62. The molecule has 1 aromatic rings. The van der Waals surface area contributed by atoms with Gasteiger partial charge in [0.25, 0.3) is 0 Å². The molecule has 1 N–H and O–H groups in total. The van der Waals surface area contributed by atoms with Crippen molar-refractivity contribution in [1.82, 2.24) is 5.32 Å². The molecular weight excluding hydrogens is 225 g/mol. The van der Waals surface area contributed by atoms with Gasteiger partial charge in [-0.1, -0.05) is 0 Å². The molecule has 1 aromatic carbocycles. The highest BCUT2D eigenvalue weighted by Crippen LogP contribution is 2.28. The molecule has 0 saturated carbocycles. The van der Waals surface area contributed by atoms with Crippen molar-refractivity contribution < 1.29 is 18.7 Å². The summed E-state index contributed by atoms with van der Waals surface area (Å²) in [5.74, 6) is 0.151. The molecule has 1 aliphatic rings. The Balaban J connectivity index is 1.82. The lowest BCUT2D eigenvalue weighted by Crippen LogP contribution is -2.33. The molecule has 0 spiro atoms. The van der Waals surface area contributed by atoms with E-state index >= 15 is 0 Å². The SMILES string of the molecule is COC(=O)CNCC1Cc2cc(F)ccc2O1. The van der Waals surface area contributed by atoms with E-state index in [0.29, 0.717) is 13.0 Å². The summed E-state index contributed by atoms with van der Waals surface area (Å²) in [6.45, 7) is 0.687. The Morgan fingerprint density at radius 1 is 1.65 bits per heavy atom. The Morgan fingerprint density at radius 2 is 2.47 bits per heavy atom. The summed E-state index contributed by atoms with van der Waals surface area (Å²) < 4.78 is 23.1. The summed E-state index contributed by atoms with van der Waals surface area (Å²) in [5.41, 5.74) is 0.870. The van der Waals surface area contributed by atoms with Crippen LogP contribution in [0.3, 0.4) is 0 Å². The van der Waals surface area contributed by atoms with Gasteiger partial charge >= 0.3 is 5.97 Å². The van der Waals surface area contributed by atoms with Crippen molar-refractivity contribution in [3.05, 3.63) is 29.6 Å². The number of hydrogen-bond acceptors (Lipinski definition) is 4. The lowest BCUT2D eigenvalue weighted by molar-refractivity contribution is -0.139. The number of benzene rings is 1. The van der Waals surface area contributed by atoms with Crippen LogP contribution < -0.4 is 10.1 Å². The van der Waals surface area contributed by atoms with Crippen LogP contribution in [-0.2, 0) is 16.0 Å². The highest BCUT2D eigenvalue weighted by molar-refractivity contribution is 5.71. The van der Waals surface area contributed by atoms with E-state index in [9.17, 15) is 9.18 Å². The highest BCUT2D eigenvalue weighted by Gasteiger charge is 2.22. The van der Waals surface area contributed by atoms with E-state index < -0.39 is 0 Å². The number of nitrogens with one attached hydrogen (secondary N) is 1. The summed E-state index contributed by atoms with van der Waals surface area (Å²) in [5, 5.41) is 2.93. The van der Waals surface area contributed by atoms with Gasteiger partial charge in [0.2, 0.25) is 0 Å². The van der Waals surface area contributed by atoms with Gasteiger partial charge in [-0.25, -0.2) is 4.39 Å². The standard InChI is InChI=1S/C12H14FNO3/c1-16-12(15)7-14-6-10-5-8-4-9(13)2-3-11(8)17-10/h2-4,10,14H,5-7H2,1H3. The highest BCUT2D eigenvalue weighted by atomic mass is 19.1. The van der Waals surface area contributed by atoms with Crippen LogP contribution in [0.5, 0.6) is 5.75 Å². The molecule has 0 fully saturated rings. The first-order valence-corrected chi connectivity index (χ1v) is 5.41. The molecule has 0 aromatic heterocycles. The van der Waals surface area contributed by atoms with Gasteiger partial charge in [-0.3, -0.25) is 4.79 Å². The molecule has 0 amide bonds. The van der Waals surface area contributed by atoms with E-state index in [1.165, 1.54) is 19.2 Å². The van der Waals surface area contributed by atoms with Crippen molar-refractivity contribution in [2.45, 2.75) is 12.5 Å². The van der Waals surface area contributed by atoms with Crippen molar-refractivity contribution in [2.24, 2.45) is 0 Å². The fraction of sp³-hybridized carbons (Fsp3) is 0.417. The topological polar surface area (TPSA) is 47.6 Å². The number of methoxy groups -OCH3 is 1. The van der Waals surface area contributed by atoms with Crippen LogP contribution in [-0.4, -0.2) is 32.3 Å². The average molecular weight is 239 g/mol. The molecule has 1 unspecified atom stereocenters. The van der Waals surface area contributed by atoms with E-state index in [0.717, 1.165) is 11.3 Å². The first-order valence-electron chi connectivity index (χ1n) is 5.41. The minimum atomic E-state index is -0.313. The molecule has 0 aliphatic carbocycles. The van der Waals surface area contributed by atoms with Crippen molar-refractivity contribution in [2.75, 3.05) is 20.2 Å². The van der Waals surface area contributed by atoms with Crippen molar-refractivity contribution >= 4 is 5.97 Å². The van der Waals surface area contributed by atoms with Crippen molar-refractivity contribution in [3.8, 4) is 5.75 Å². The van der Waals surface area contributed by atoms with Crippen LogP contribution in [0.1, 0.15) is 5.56 Å². The molecule has 17 heavy (non-hydrogen) atoms. The third kappa shape index (κ3) is 2.94. The van der Waals surface area contributed by atoms with Gasteiger partial charge < -0.3 is 14.8 Å². The smallest absolute Gasteiger partial charge is 0.319 e. The van der Waals surface area contributed by atoms with Crippen molar-refractivity contribution in [1.29, 1.82) is 0 Å². The molecule has 92 valence electrons. The summed E-state index contributed by atoms with van der Waals surface area (Å²) in [6, 6.07) is 4.49. The third-order valence-corrected chi connectivity index (χ3v) is 2.63. The molecule has 5 heteroatoms. The number of carbonyl (C=O) groups excluding carboxylic acids is 1. The van der Waals surface area contributed by atoms with Gasteiger partial charge in [-0.2, -0.15) is 0 Å². The lowest BCUT2D eigenvalue weighted by Gasteiger charge is -2.10. The number of carbonyl (C=O) groups is 1. The number of ether oxygens (including phenoxy) is 2. The largest absolute Gasteiger partial charge is 0.488 e. The molecule has 1 aliphatic heterocycles. The fourth-order valence-electron chi connectivity index (χ4n) is 1.81. The van der Waals surface area contributed by atoms with Crippen LogP contribution in [0.4, 0.5) is 4.39 Å². The summed E-state index contributed by atoms with van der Waals surface area (Å²) in [7, 11) is 1.34. The van der Waals surface area contributed by atoms with Crippen LogP contribution in [0.15, 0.2) is 18.2 Å². The molecule has 0 saturated heterocycles. The second kappa shape index (κ2) is 5.14. The predicted octanol–water partition coefficient (Wildman–Crippen LogP) is 0.892. The molecule has 1 heterocycles. The van der Waals surface area contributed by atoms with Gasteiger partial charge in [0.05, 0.1) is 13.7 Å². The Labute approximate surface area is 98.7 Å². The van der Waals surface area contributed by atoms with Crippen molar-refractivity contribution in [3.63, 3.8) is 0 Å². The quantitative estimate of drug-likeness (QED) is 0.793. The van der Waals surface area contributed by atoms with E-state index in [1.54, 1.807) is 6.07 Å². The number of halogens is 1. The predicted molar refractivity (Wildman–Crippen MR) is 59.4 cm³/mol. The summed E-state index contributed by atoms with van der Waals surface area (Å²) in [4.78, 5) is 10.9. The van der Waals surface area contributed by atoms with Gasteiger partial charge in [-0.05, 0) is 18.2 Å². The van der Waals surface area contributed by atoms with Crippen LogP contribution in [0.25, 0.3) is 0 Å². The molecule has 2 rings (SSSR count). The maximum atomic E-state index is 13.0. The third-order valence-electron chi connectivity index (χ3n) is 2.63. The maximum absolute atomic E-state index is 13.0. The van der Waals surface area contributed by atoms with Gasteiger partial charge in [-0.15, -0.1) is 0 Å². The molecule has 0 bridgehead atoms. The van der Waals surface area contributed by atoms with E-state index in [4.69, 9.17) is 4.74 Å². The number of rotatable bonds is 4. The molecule has 0 radical (unpaired) electrons. The Kier molecular flexibility index (Phi) is 3.58. The lowest BCUT2D eigenvalue weighted by atomic mass is 10.1. The average Bonchev–Trinajstić information content (AvgIpc) is 2.70. The van der Waals surface area contributed by atoms with Gasteiger partial charge in [0, 0.05) is 18.5 Å². The Bertz CT molecular complexity index is 422. The first-order chi connectivity index (χ1) is 8.19. The van der Waals surface area contributed by atoms with E-state index in [2.05, 4.69) is 10.1 Å². The van der Waals surface area contributed by atoms with Gasteiger partial charge in [0.15, 0.2) is 0 Å². The van der Waals surface area contributed by atoms with Gasteiger partial charge in [0.1, 0.15) is 17.7 Å². The summed E-state index contributed by atoms with van der Waals surface area (Å²) >= 11 is 0. The van der Waals surface area contributed by atoms with E-state index in [1.807, 2.05) is 0 Å². The molecule has 1 atom stereocenters. The maximum Gasteiger partial charge on any atom is 0.319 e. The zero-order chi connectivity index (χ0) is 12.3. The second-order valence-corrected chi connectivity index (χ2v) is 3.90. The zero-order valence-electron chi connectivity index (χ0n) is 9.53. The minimum Gasteiger partial charge on any atom is -0.488 e. The Morgan fingerprint density at radius 3 is 3.24 bits per heavy atom. The first kappa shape index (κ1) is 11.9. The van der Waals surface area contributed by atoms with Crippen LogP contribution in [0, 0.1) is 5.82 Å². The monoisotopic (exact) mass is 239 g/mol. The fourth-order valence-corrected chi connectivity index (χ4v) is 1.81. The van der Waals surface area contributed by atoms with Crippen LogP contribution >= 0.6 is 0 Å². The normalized spacial score (nSPS) is 17.4. The molecule has 4 nitrogen and oxygen atoms in total.